The molecule has 9 heteroatoms. The van der Waals surface area contributed by atoms with Crippen LogP contribution >= 0.6 is 11.6 Å². The lowest BCUT2D eigenvalue weighted by Gasteiger charge is -2.31. The van der Waals surface area contributed by atoms with Gasteiger partial charge in [0.25, 0.3) is 0 Å². The number of halogens is 2. The largest absolute Gasteiger partial charge is 0.492 e. The Hall–Kier alpha value is -2.16. The highest BCUT2D eigenvalue weighted by molar-refractivity contribution is 7.89. The highest BCUT2D eigenvalue weighted by Gasteiger charge is 2.33. The number of rotatable bonds is 7. The molecule has 1 amide bonds. The molecule has 0 unspecified atom stereocenters. The molecule has 2 aromatic carbocycles. The lowest BCUT2D eigenvalue weighted by molar-refractivity contribution is -0.126. The number of hydrogen-bond donors (Lipinski definition) is 1. The van der Waals surface area contributed by atoms with Crippen LogP contribution in [-0.4, -0.2) is 38.3 Å². The number of amides is 1. The summed E-state index contributed by atoms with van der Waals surface area (Å²) in [5.41, 5.74) is 0.772. The van der Waals surface area contributed by atoms with E-state index in [2.05, 4.69) is 5.32 Å². The first-order chi connectivity index (χ1) is 14.3. The third-order valence-electron chi connectivity index (χ3n) is 4.98. The summed E-state index contributed by atoms with van der Waals surface area (Å²) in [4.78, 5) is 12.6. The number of sulfonamides is 1. The number of nitrogens with zero attached hydrogens (tertiary/aromatic N) is 1. The smallest absolute Gasteiger partial charge is 0.243 e. The fourth-order valence-corrected chi connectivity index (χ4v) is 5.22. The van der Waals surface area contributed by atoms with Crippen molar-refractivity contribution in [3.05, 3.63) is 58.9 Å². The summed E-state index contributed by atoms with van der Waals surface area (Å²) in [6.07, 6.45) is 1.18. The van der Waals surface area contributed by atoms with Gasteiger partial charge < -0.3 is 10.1 Å². The van der Waals surface area contributed by atoms with E-state index in [1.54, 1.807) is 12.1 Å². The van der Waals surface area contributed by atoms with Gasteiger partial charge >= 0.3 is 0 Å². The minimum Gasteiger partial charge on any atom is -0.492 e. The van der Waals surface area contributed by atoms with Crippen LogP contribution in [0.3, 0.4) is 0 Å². The minimum absolute atomic E-state index is 0.0725. The number of piperidine rings is 1. The first-order valence-corrected chi connectivity index (χ1v) is 11.6. The number of hydrogen-bond acceptors (Lipinski definition) is 4. The normalized spacial score (nSPS) is 17.5. The summed E-state index contributed by atoms with van der Waals surface area (Å²) in [5.74, 6) is -0.585. The average Bonchev–Trinajstić information content (AvgIpc) is 2.74. The molecule has 1 N–H and O–H groups in total. The van der Waals surface area contributed by atoms with Crippen LogP contribution in [0.15, 0.2) is 47.4 Å². The summed E-state index contributed by atoms with van der Waals surface area (Å²) >= 11 is 6.15. The summed E-state index contributed by atoms with van der Waals surface area (Å²) in [7, 11) is -3.78. The molecule has 1 aliphatic heterocycles. The van der Waals surface area contributed by atoms with Crippen molar-refractivity contribution in [1.29, 1.82) is 0 Å². The van der Waals surface area contributed by atoms with Gasteiger partial charge in [0, 0.05) is 19.6 Å². The van der Waals surface area contributed by atoms with Gasteiger partial charge in [0.1, 0.15) is 11.6 Å². The zero-order chi connectivity index (χ0) is 21.7. The molecule has 0 aromatic heterocycles. The molecule has 0 aliphatic carbocycles. The Balaban J connectivity index is 1.66. The number of carbonyl (C=O) groups excluding carboxylic acids is 1. The molecular formula is C21H24ClFN2O4S. The standard InChI is InChI=1S/C21H24ClFN2O4S/c1-2-29-20-10-9-18(12-19(20)22)30(27,28)25-11-3-4-16(14-25)21(26)24-13-15-5-7-17(23)8-6-15/h5-10,12,16H,2-4,11,13-14H2,1H3,(H,24,26)/t16-/m1/s1. The molecular weight excluding hydrogens is 431 g/mol. The van der Waals surface area contributed by atoms with Crippen LogP contribution in [0.25, 0.3) is 0 Å². The minimum atomic E-state index is -3.78. The van der Waals surface area contributed by atoms with Crippen molar-refractivity contribution in [2.75, 3.05) is 19.7 Å². The molecule has 1 saturated heterocycles. The second kappa shape index (κ2) is 9.76. The quantitative estimate of drug-likeness (QED) is 0.693. The van der Waals surface area contributed by atoms with E-state index in [9.17, 15) is 17.6 Å². The van der Waals surface area contributed by atoms with Crippen LogP contribution in [0.2, 0.25) is 5.02 Å². The highest BCUT2D eigenvalue weighted by Crippen LogP contribution is 2.30. The van der Waals surface area contributed by atoms with Gasteiger partial charge in [0.15, 0.2) is 0 Å². The summed E-state index contributed by atoms with van der Waals surface area (Å²) in [5, 5.41) is 3.04. The predicted octanol–water partition coefficient (Wildman–Crippen LogP) is 3.59. The Labute approximate surface area is 181 Å². The molecule has 1 aliphatic rings. The van der Waals surface area contributed by atoms with Gasteiger partial charge in [-0.15, -0.1) is 0 Å². The lowest BCUT2D eigenvalue weighted by Crippen LogP contribution is -2.45. The van der Waals surface area contributed by atoms with E-state index in [0.29, 0.717) is 31.7 Å². The summed E-state index contributed by atoms with van der Waals surface area (Å²) in [6.45, 7) is 2.94. The molecule has 6 nitrogen and oxygen atoms in total. The third-order valence-corrected chi connectivity index (χ3v) is 7.13. The average molecular weight is 455 g/mol. The van der Waals surface area contributed by atoms with Crippen LogP contribution in [0.1, 0.15) is 25.3 Å². The Bertz CT molecular complexity index is 999. The first kappa shape index (κ1) is 22.5. The Morgan fingerprint density at radius 2 is 2.00 bits per heavy atom. The maximum atomic E-state index is 13.0. The number of benzene rings is 2. The van der Waals surface area contributed by atoms with E-state index < -0.39 is 15.9 Å². The van der Waals surface area contributed by atoms with Crippen molar-refractivity contribution in [2.24, 2.45) is 5.92 Å². The molecule has 1 heterocycles. The molecule has 1 atom stereocenters. The topological polar surface area (TPSA) is 75.7 Å². The lowest BCUT2D eigenvalue weighted by atomic mass is 9.99. The first-order valence-electron chi connectivity index (χ1n) is 9.76. The van der Waals surface area contributed by atoms with E-state index in [1.807, 2.05) is 6.92 Å². The van der Waals surface area contributed by atoms with E-state index in [0.717, 1.165) is 5.56 Å². The molecule has 0 spiro atoms. The van der Waals surface area contributed by atoms with Crippen molar-refractivity contribution < 1.29 is 22.3 Å². The summed E-state index contributed by atoms with van der Waals surface area (Å²) < 4.78 is 45.8. The second-order valence-corrected chi connectivity index (χ2v) is 9.42. The third kappa shape index (κ3) is 5.30. The molecule has 2 aromatic rings. The maximum absolute atomic E-state index is 13.0. The molecule has 3 rings (SSSR count). The zero-order valence-electron chi connectivity index (χ0n) is 16.6. The fourth-order valence-electron chi connectivity index (χ4n) is 3.37. The van der Waals surface area contributed by atoms with Crippen LogP contribution < -0.4 is 10.1 Å². The highest BCUT2D eigenvalue weighted by atomic mass is 35.5. The monoisotopic (exact) mass is 454 g/mol. The van der Waals surface area contributed by atoms with Gasteiger partial charge in [-0.25, -0.2) is 12.8 Å². The molecule has 0 radical (unpaired) electrons. The molecule has 1 fully saturated rings. The van der Waals surface area contributed by atoms with Crippen LogP contribution in [0.4, 0.5) is 4.39 Å². The molecule has 0 saturated carbocycles. The van der Waals surface area contributed by atoms with Gasteiger partial charge in [-0.05, 0) is 55.7 Å². The SMILES string of the molecule is CCOc1ccc(S(=O)(=O)N2CCC[C@@H](C(=O)NCc3ccc(F)cc3)C2)cc1Cl. The Morgan fingerprint density at radius 1 is 1.27 bits per heavy atom. The zero-order valence-corrected chi connectivity index (χ0v) is 18.2. The van der Waals surface area contributed by atoms with Crippen LogP contribution in [-0.2, 0) is 21.4 Å². The van der Waals surface area contributed by atoms with Gasteiger partial charge in [-0.2, -0.15) is 4.31 Å². The van der Waals surface area contributed by atoms with Crippen molar-refractivity contribution in [2.45, 2.75) is 31.2 Å². The Morgan fingerprint density at radius 3 is 2.67 bits per heavy atom. The molecule has 0 bridgehead atoms. The predicted molar refractivity (Wildman–Crippen MR) is 112 cm³/mol. The van der Waals surface area contributed by atoms with Gasteiger partial charge in [-0.1, -0.05) is 23.7 Å². The van der Waals surface area contributed by atoms with Gasteiger partial charge in [0.05, 0.1) is 22.4 Å². The van der Waals surface area contributed by atoms with Crippen molar-refractivity contribution >= 4 is 27.5 Å². The Kier molecular flexibility index (Phi) is 7.33. The fraction of sp³-hybridized carbons (Fsp3) is 0.381. The van der Waals surface area contributed by atoms with Gasteiger partial charge in [-0.3, -0.25) is 4.79 Å². The van der Waals surface area contributed by atoms with E-state index in [1.165, 1.54) is 34.6 Å². The molecule has 30 heavy (non-hydrogen) atoms. The van der Waals surface area contributed by atoms with Crippen molar-refractivity contribution in [3.63, 3.8) is 0 Å². The number of nitrogens with one attached hydrogen (secondary N) is 1. The summed E-state index contributed by atoms with van der Waals surface area (Å²) in [6, 6.07) is 10.2. The van der Waals surface area contributed by atoms with E-state index in [-0.39, 0.29) is 34.7 Å². The molecule has 162 valence electrons. The number of ether oxygens (including phenoxy) is 1. The van der Waals surface area contributed by atoms with Crippen molar-refractivity contribution in [3.8, 4) is 5.75 Å². The maximum Gasteiger partial charge on any atom is 0.243 e. The van der Waals surface area contributed by atoms with E-state index >= 15 is 0 Å². The van der Waals surface area contributed by atoms with Crippen molar-refractivity contribution in [1.82, 2.24) is 9.62 Å². The number of carbonyl (C=O) groups is 1. The second-order valence-electron chi connectivity index (χ2n) is 7.07. The van der Waals surface area contributed by atoms with Crippen LogP contribution in [0.5, 0.6) is 5.75 Å². The van der Waals surface area contributed by atoms with Gasteiger partial charge in [0.2, 0.25) is 15.9 Å². The van der Waals surface area contributed by atoms with Crippen LogP contribution in [0, 0.1) is 11.7 Å². The van der Waals surface area contributed by atoms with E-state index in [4.69, 9.17) is 16.3 Å².